The molecule has 9 aromatic rings. The van der Waals surface area contributed by atoms with E-state index in [-0.39, 0.29) is 21.7 Å². The van der Waals surface area contributed by atoms with E-state index in [2.05, 4.69) is 183 Å². The fourth-order valence-electron chi connectivity index (χ4n) is 14.9. The van der Waals surface area contributed by atoms with Crippen LogP contribution in [0.5, 0.6) is 57.5 Å². The minimum Gasteiger partial charge on any atom is -0.496 e. The van der Waals surface area contributed by atoms with E-state index in [9.17, 15) is 0 Å². The fraction of sp³-hybridized carbons (Fsp3) is 0.289. The van der Waals surface area contributed by atoms with Crippen molar-refractivity contribution in [2.75, 3.05) is 7.11 Å². The van der Waals surface area contributed by atoms with Crippen LogP contribution >= 0.6 is 11.8 Å². The van der Waals surface area contributed by atoms with Crippen molar-refractivity contribution in [3.05, 3.63) is 222 Å². The van der Waals surface area contributed by atoms with Gasteiger partial charge in [-0.05, 0) is 209 Å². The third kappa shape index (κ3) is 10.2. The molecule has 0 amide bonds. The number of hydrogen-bond acceptors (Lipinski definition) is 7. The van der Waals surface area contributed by atoms with Crippen LogP contribution in [0, 0.1) is 16.2 Å². The van der Waals surface area contributed by atoms with Crippen molar-refractivity contribution >= 4 is 28.6 Å². The maximum absolute atomic E-state index is 8.23. The average molecular weight is 1120 g/mol. The van der Waals surface area contributed by atoms with Crippen LogP contribution in [0.1, 0.15) is 128 Å². The molecule has 9 aliphatic heterocycles. The highest BCUT2D eigenvalue weighted by atomic mass is 32.2. The van der Waals surface area contributed by atoms with E-state index < -0.39 is 11.0 Å². The van der Waals surface area contributed by atoms with E-state index in [0.717, 1.165) is 94.4 Å². The van der Waals surface area contributed by atoms with E-state index in [1.165, 1.54) is 38.8 Å². The summed E-state index contributed by atoms with van der Waals surface area (Å²) in [5.74, 6) is 7.54. The molecule has 420 valence electrons. The Hall–Kier alpha value is -7.87. The molecule has 11 aliphatic rings. The van der Waals surface area contributed by atoms with Crippen molar-refractivity contribution in [2.45, 2.75) is 127 Å². The number of methoxy groups -OCH3 is 1. The van der Waals surface area contributed by atoms with E-state index in [1.807, 2.05) is 72.8 Å². The van der Waals surface area contributed by atoms with Crippen LogP contribution in [-0.2, 0) is 16.4 Å². The molecule has 1 atom stereocenters. The molecule has 9 aromatic carbocycles. The van der Waals surface area contributed by atoms with Gasteiger partial charge in [0, 0.05) is 32.2 Å². The lowest BCUT2D eigenvalue weighted by Gasteiger charge is -2.53. The van der Waals surface area contributed by atoms with Gasteiger partial charge in [-0.3, -0.25) is 0 Å². The minimum absolute atomic E-state index is 0.0642. The standard InChI is InChI=1S/C76H74O6S/c1-71(2)47-72(3,4)49-75(48-71)65-20-14-13-19-61(65)68-63-46-67(83-60-17-11-10-12-18-60)66(77-9)45-64(63)70-62(69(68)75)41-44-76(82-70)51-23-27-53(28-24-51)79-55-31-35-57(36-32-55)81-59-39-37-58(38-40-59)80-56-33-29-54(30-34-56)78-52-25-21-50(22-26-52)73(5,6)42-15-16-43-74(76,7)8/h10-14,17-41,44-46H,15-16,42-43,47-49H2,1-9H3. The molecule has 0 radical (unpaired) electrons. The van der Waals surface area contributed by atoms with E-state index in [1.54, 1.807) is 18.9 Å². The topological polar surface area (TPSA) is 55.4 Å². The Morgan fingerprint density at radius 1 is 0.470 bits per heavy atom. The molecule has 2 aliphatic carbocycles. The first kappa shape index (κ1) is 54.4. The maximum Gasteiger partial charge on any atom is 0.158 e. The van der Waals surface area contributed by atoms with Crippen LogP contribution in [0.4, 0.5) is 0 Å². The van der Waals surface area contributed by atoms with Crippen molar-refractivity contribution in [1.82, 2.24) is 0 Å². The van der Waals surface area contributed by atoms with Gasteiger partial charge < -0.3 is 28.4 Å². The highest BCUT2D eigenvalue weighted by Crippen LogP contribution is 2.68. The second kappa shape index (κ2) is 20.8. The molecule has 7 heteroatoms. The van der Waals surface area contributed by atoms with Gasteiger partial charge >= 0.3 is 0 Å². The Balaban J connectivity index is 0.931. The molecule has 0 N–H and O–H groups in total. The molecule has 1 unspecified atom stereocenters. The van der Waals surface area contributed by atoms with Crippen LogP contribution in [0.3, 0.4) is 0 Å². The number of fused-ring (bicyclic) bond motifs is 11. The first-order chi connectivity index (χ1) is 39.9. The smallest absolute Gasteiger partial charge is 0.158 e. The normalized spacial score (nSPS) is 19.6. The zero-order valence-corrected chi connectivity index (χ0v) is 50.2. The summed E-state index contributed by atoms with van der Waals surface area (Å²) in [5, 5.41) is 2.26. The van der Waals surface area contributed by atoms with Crippen LogP contribution in [0.15, 0.2) is 204 Å². The molecule has 83 heavy (non-hydrogen) atoms. The molecule has 6 nitrogen and oxygen atoms in total. The summed E-state index contributed by atoms with van der Waals surface area (Å²) >= 11 is 1.75. The number of ether oxygens (including phenoxy) is 6. The first-order valence-corrected chi connectivity index (χ1v) is 30.4. The number of hydrogen-bond donors (Lipinski definition) is 0. The van der Waals surface area contributed by atoms with Gasteiger partial charge in [0.1, 0.15) is 57.5 Å². The van der Waals surface area contributed by atoms with Crippen LogP contribution in [0.2, 0.25) is 0 Å². The fourth-order valence-corrected chi connectivity index (χ4v) is 15.9. The Bertz CT molecular complexity index is 3880. The van der Waals surface area contributed by atoms with Crippen molar-refractivity contribution in [1.29, 1.82) is 0 Å². The van der Waals surface area contributed by atoms with Gasteiger partial charge in [-0.15, -0.1) is 0 Å². The molecule has 20 rings (SSSR count). The summed E-state index contributed by atoms with van der Waals surface area (Å²) < 4.78 is 40.0. The number of benzene rings is 9. The predicted molar refractivity (Wildman–Crippen MR) is 338 cm³/mol. The molecule has 9 heterocycles. The van der Waals surface area contributed by atoms with Crippen molar-refractivity contribution in [2.24, 2.45) is 16.2 Å². The largest absolute Gasteiger partial charge is 0.496 e. The monoisotopic (exact) mass is 1110 g/mol. The molecule has 0 saturated heterocycles. The zero-order valence-electron chi connectivity index (χ0n) is 49.4. The Morgan fingerprint density at radius 3 is 1.46 bits per heavy atom. The van der Waals surface area contributed by atoms with E-state index in [4.69, 9.17) is 28.4 Å². The second-order valence-corrected chi connectivity index (χ2v) is 27.6. The lowest BCUT2D eigenvalue weighted by atomic mass is 9.52. The maximum atomic E-state index is 8.23. The third-order valence-corrected chi connectivity index (χ3v) is 19.2. The van der Waals surface area contributed by atoms with Gasteiger partial charge in [0.05, 0.1) is 12.0 Å². The lowest BCUT2D eigenvalue weighted by molar-refractivity contribution is -0.0129. The van der Waals surface area contributed by atoms with Crippen LogP contribution in [0.25, 0.3) is 28.0 Å². The van der Waals surface area contributed by atoms with Gasteiger partial charge in [-0.25, -0.2) is 0 Å². The van der Waals surface area contributed by atoms with Gasteiger partial charge in [-0.1, -0.05) is 153 Å². The predicted octanol–water partition coefficient (Wildman–Crippen LogP) is 21.9. The molecule has 0 aromatic heterocycles. The van der Waals surface area contributed by atoms with E-state index >= 15 is 0 Å². The highest BCUT2D eigenvalue weighted by Gasteiger charge is 2.56. The lowest BCUT2D eigenvalue weighted by Crippen LogP contribution is -2.47. The first-order valence-electron chi connectivity index (χ1n) is 29.6. The van der Waals surface area contributed by atoms with Gasteiger partial charge in [0.25, 0.3) is 0 Å². The Kier molecular flexibility index (Phi) is 13.6. The molecule has 10 bridgehead atoms. The molecular formula is C76H74O6S. The minimum atomic E-state index is -0.886. The highest BCUT2D eigenvalue weighted by molar-refractivity contribution is 7.99. The van der Waals surface area contributed by atoms with Gasteiger partial charge in [0.2, 0.25) is 0 Å². The Morgan fingerprint density at radius 2 is 0.940 bits per heavy atom. The van der Waals surface area contributed by atoms with Crippen molar-refractivity contribution in [3.8, 4) is 68.6 Å². The summed E-state index contributed by atoms with van der Waals surface area (Å²) in [6.07, 6.45) is 12.1. The van der Waals surface area contributed by atoms with E-state index in [0.29, 0.717) is 28.7 Å². The van der Waals surface area contributed by atoms with Crippen LogP contribution in [-0.4, -0.2) is 7.11 Å². The Labute approximate surface area is 494 Å². The average Bonchev–Trinajstić information content (AvgIpc) is 1.81. The molecule has 2 spiro atoms. The summed E-state index contributed by atoms with van der Waals surface area (Å²) in [7, 11) is 1.80. The number of rotatable bonds is 3. The summed E-state index contributed by atoms with van der Waals surface area (Å²) in [4.78, 5) is 2.24. The molecule has 1 fully saturated rings. The van der Waals surface area contributed by atoms with Crippen LogP contribution < -0.4 is 28.4 Å². The molecule has 1 saturated carbocycles. The van der Waals surface area contributed by atoms with Gasteiger partial charge in [-0.2, -0.15) is 0 Å². The second-order valence-electron chi connectivity index (χ2n) is 26.5. The SMILES string of the molecule is COc1cc2c3c(c4c(c2cc1Sc1ccccc1)-c1ccccc1C41CC(C)(C)CC(C)(C)C1)C=CC1(O3)c2ccc(cc2)Oc2ccc(cc2)Oc2ccc(cc2)Oc2ccc(cc2)Oc2ccc(cc2)C(C)(C)CCCCC1(C)C. The quantitative estimate of drug-likeness (QED) is 0.175. The van der Waals surface area contributed by atoms with Gasteiger partial charge in [0.15, 0.2) is 5.60 Å². The summed E-state index contributed by atoms with van der Waals surface area (Å²) in [5.41, 5.74) is 7.62. The van der Waals surface area contributed by atoms with Crippen molar-refractivity contribution in [3.63, 3.8) is 0 Å². The zero-order chi connectivity index (χ0) is 57.4. The third-order valence-electron chi connectivity index (χ3n) is 18.2. The summed E-state index contributed by atoms with van der Waals surface area (Å²) in [6, 6.07) is 65.0. The molecular weight excluding hydrogens is 1040 g/mol. The van der Waals surface area contributed by atoms with Crippen molar-refractivity contribution < 1.29 is 28.4 Å². The summed E-state index contributed by atoms with van der Waals surface area (Å²) in [6.45, 7) is 19.5.